The van der Waals surface area contributed by atoms with Crippen molar-refractivity contribution in [2.75, 3.05) is 0 Å². The van der Waals surface area contributed by atoms with Crippen LogP contribution in [0.4, 0.5) is 0 Å². The van der Waals surface area contributed by atoms with E-state index in [2.05, 4.69) is 10.5 Å². The molecule has 0 aliphatic carbocycles. The maximum atomic E-state index is 13.4. The third kappa shape index (κ3) is 4.51. The van der Waals surface area contributed by atoms with Gasteiger partial charge in [-0.05, 0) is 36.2 Å². The Balaban J connectivity index is 1.49. The van der Waals surface area contributed by atoms with E-state index < -0.39 is 21.5 Å². The van der Waals surface area contributed by atoms with Crippen LogP contribution in [0, 0.1) is 6.92 Å². The van der Waals surface area contributed by atoms with Crippen LogP contribution in [0.15, 0.2) is 125 Å². The molecule has 1 aromatic heterocycles. The van der Waals surface area contributed by atoms with E-state index in [1.807, 2.05) is 6.92 Å². The van der Waals surface area contributed by atoms with Crippen LogP contribution in [-0.2, 0) is 20.4 Å². The molecule has 8 heteroatoms. The lowest BCUT2D eigenvalue weighted by Crippen LogP contribution is -2.43. The van der Waals surface area contributed by atoms with Gasteiger partial charge in [-0.3, -0.25) is 4.79 Å². The van der Waals surface area contributed by atoms with Crippen LogP contribution in [0.5, 0.6) is 0 Å². The molecule has 1 heterocycles. The van der Waals surface area contributed by atoms with Crippen LogP contribution in [0.3, 0.4) is 0 Å². The first-order valence-electron chi connectivity index (χ1n) is 11.9. The predicted molar refractivity (Wildman–Crippen MR) is 147 cm³/mol. The number of hydrogen-bond donors (Lipinski definition) is 2. The summed E-state index contributed by atoms with van der Waals surface area (Å²) in [5.41, 5.74) is 3.15. The third-order valence-corrected chi connectivity index (χ3v) is 8.06. The Kier molecular flexibility index (Phi) is 6.67. The van der Waals surface area contributed by atoms with Gasteiger partial charge in [0.15, 0.2) is 5.60 Å². The second-order valence-electron chi connectivity index (χ2n) is 8.86. The van der Waals surface area contributed by atoms with Crippen molar-refractivity contribution in [3.8, 4) is 0 Å². The zero-order valence-electron chi connectivity index (χ0n) is 20.5. The van der Waals surface area contributed by atoms with E-state index in [0.29, 0.717) is 27.6 Å². The highest BCUT2D eigenvalue weighted by atomic mass is 32.2. The van der Waals surface area contributed by atoms with E-state index in [0.717, 1.165) is 5.56 Å². The van der Waals surface area contributed by atoms with Gasteiger partial charge in [-0.2, -0.15) is 5.10 Å². The third-order valence-electron chi connectivity index (χ3n) is 6.37. The number of hydrazone groups is 1. The number of hydrogen-bond acceptors (Lipinski definition) is 5. The highest BCUT2D eigenvalue weighted by Gasteiger charge is 2.39. The first kappa shape index (κ1) is 25.1. The summed E-state index contributed by atoms with van der Waals surface area (Å²) in [5, 5.41) is 16.3. The van der Waals surface area contributed by atoms with Crippen molar-refractivity contribution in [2.45, 2.75) is 17.4 Å². The van der Waals surface area contributed by atoms with E-state index in [-0.39, 0.29) is 4.90 Å². The molecule has 0 aliphatic heterocycles. The average Bonchev–Trinajstić information content (AvgIpc) is 3.33. The maximum absolute atomic E-state index is 13.4. The van der Waals surface area contributed by atoms with Crippen molar-refractivity contribution in [3.05, 3.63) is 138 Å². The zero-order chi connectivity index (χ0) is 26.8. The van der Waals surface area contributed by atoms with Crippen molar-refractivity contribution in [1.29, 1.82) is 0 Å². The van der Waals surface area contributed by atoms with Gasteiger partial charge in [0.05, 0.1) is 16.6 Å². The summed E-state index contributed by atoms with van der Waals surface area (Å²) in [7, 11) is -3.87. The molecule has 0 atom stereocenters. The standard InChI is InChI=1S/C30H25N3O4S/c1-22-16-18-26(19-17-22)38(36,37)33-21-23(27-14-8-9-15-28(27)33)20-31-32-29(34)30(35,24-10-4-2-5-11-24)25-12-6-3-7-13-25/h2-21,35H,1H3,(H,32,34)/b31-20+. The number of aryl methyl sites for hydroxylation is 1. The molecule has 2 N–H and O–H groups in total. The van der Waals surface area contributed by atoms with E-state index in [1.54, 1.807) is 109 Å². The lowest BCUT2D eigenvalue weighted by atomic mass is 9.85. The maximum Gasteiger partial charge on any atom is 0.281 e. The molecule has 0 fully saturated rings. The highest BCUT2D eigenvalue weighted by molar-refractivity contribution is 7.90. The first-order valence-corrected chi connectivity index (χ1v) is 13.3. The molecule has 190 valence electrons. The Morgan fingerprint density at radius 1 is 0.842 bits per heavy atom. The quantitative estimate of drug-likeness (QED) is 0.241. The van der Waals surface area contributed by atoms with Gasteiger partial charge < -0.3 is 5.11 Å². The van der Waals surface area contributed by atoms with Crippen LogP contribution in [0.1, 0.15) is 22.3 Å². The van der Waals surface area contributed by atoms with Gasteiger partial charge in [-0.1, -0.05) is 96.6 Å². The summed E-state index contributed by atoms with van der Waals surface area (Å²) < 4.78 is 28.0. The molecule has 0 bridgehead atoms. The number of aliphatic hydroxyl groups is 1. The zero-order valence-corrected chi connectivity index (χ0v) is 21.3. The summed E-state index contributed by atoms with van der Waals surface area (Å²) >= 11 is 0. The molecule has 0 spiro atoms. The summed E-state index contributed by atoms with van der Waals surface area (Å²) in [6, 6.07) is 30.9. The average molecular weight is 524 g/mol. The second-order valence-corrected chi connectivity index (χ2v) is 10.7. The molecule has 0 unspecified atom stereocenters. The molecule has 4 aromatic carbocycles. The normalized spacial score (nSPS) is 12.2. The predicted octanol–water partition coefficient (Wildman–Crippen LogP) is 4.57. The van der Waals surface area contributed by atoms with Gasteiger partial charge in [0, 0.05) is 17.1 Å². The number of nitrogens with one attached hydrogen (secondary N) is 1. The largest absolute Gasteiger partial charge is 0.372 e. The van der Waals surface area contributed by atoms with Crippen molar-refractivity contribution in [1.82, 2.24) is 9.40 Å². The van der Waals surface area contributed by atoms with Crippen molar-refractivity contribution in [2.24, 2.45) is 5.10 Å². The molecule has 0 aliphatic rings. The van der Waals surface area contributed by atoms with Gasteiger partial charge in [-0.25, -0.2) is 17.8 Å². The van der Waals surface area contributed by atoms with Gasteiger partial charge in [0.1, 0.15) is 0 Å². The number of aromatic nitrogens is 1. The number of nitrogens with zero attached hydrogens (tertiary/aromatic N) is 2. The SMILES string of the molecule is Cc1ccc(S(=O)(=O)n2cc(/C=N/NC(=O)C(O)(c3ccccc3)c3ccccc3)c3ccccc32)cc1. The van der Waals surface area contributed by atoms with Gasteiger partial charge in [-0.15, -0.1) is 0 Å². The first-order chi connectivity index (χ1) is 18.3. The summed E-state index contributed by atoms with van der Waals surface area (Å²) in [6.45, 7) is 1.89. The molecule has 0 saturated carbocycles. The number of amides is 1. The lowest BCUT2D eigenvalue weighted by molar-refractivity contribution is -0.136. The minimum absolute atomic E-state index is 0.163. The Morgan fingerprint density at radius 2 is 1.39 bits per heavy atom. The number of benzene rings is 4. The van der Waals surface area contributed by atoms with E-state index >= 15 is 0 Å². The van der Waals surface area contributed by atoms with Crippen LogP contribution < -0.4 is 5.43 Å². The number of fused-ring (bicyclic) bond motifs is 1. The van der Waals surface area contributed by atoms with Gasteiger partial charge >= 0.3 is 0 Å². The van der Waals surface area contributed by atoms with Crippen LogP contribution >= 0.6 is 0 Å². The fraction of sp³-hybridized carbons (Fsp3) is 0.0667. The van der Waals surface area contributed by atoms with Gasteiger partial charge in [0.25, 0.3) is 15.9 Å². The number of carbonyl (C=O) groups excluding carboxylic acids is 1. The van der Waals surface area contributed by atoms with E-state index in [4.69, 9.17) is 0 Å². The van der Waals surface area contributed by atoms with Crippen LogP contribution in [-0.4, -0.2) is 29.6 Å². The Morgan fingerprint density at radius 3 is 2.00 bits per heavy atom. The Hall–Kier alpha value is -4.53. The summed E-state index contributed by atoms with van der Waals surface area (Å²) in [5.74, 6) is -0.748. The van der Waals surface area contributed by atoms with Crippen molar-refractivity contribution < 1.29 is 18.3 Å². The van der Waals surface area contributed by atoms with E-state index in [9.17, 15) is 18.3 Å². The minimum Gasteiger partial charge on any atom is -0.372 e. The fourth-order valence-corrected chi connectivity index (χ4v) is 5.71. The summed E-state index contributed by atoms with van der Waals surface area (Å²) in [4.78, 5) is 13.5. The Labute approximate surface area is 220 Å². The van der Waals surface area contributed by atoms with E-state index in [1.165, 1.54) is 16.4 Å². The molecule has 5 aromatic rings. The monoisotopic (exact) mass is 523 g/mol. The molecular weight excluding hydrogens is 498 g/mol. The summed E-state index contributed by atoms with van der Waals surface area (Å²) in [6.07, 6.45) is 2.84. The number of para-hydroxylation sites is 1. The molecule has 5 rings (SSSR count). The van der Waals surface area contributed by atoms with Crippen LogP contribution in [0.2, 0.25) is 0 Å². The molecule has 0 saturated heterocycles. The molecule has 38 heavy (non-hydrogen) atoms. The van der Waals surface area contributed by atoms with Crippen molar-refractivity contribution in [3.63, 3.8) is 0 Å². The molecule has 7 nitrogen and oxygen atoms in total. The Bertz CT molecular complexity index is 1690. The van der Waals surface area contributed by atoms with Gasteiger partial charge in [0.2, 0.25) is 0 Å². The minimum atomic E-state index is -3.87. The second kappa shape index (κ2) is 10.1. The number of rotatable bonds is 7. The lowest BCUT2D eigenvalue weighted by Gasteiger charge is -2.27. The fourth-order valence-electron chi connectivity index (χ4n) is 4.33. The van der Waals surface area contributed by atoms with Crippen LogP contribution in [0.25, 0.3) is 10.9 Å². The molecule has 1 amide bonds. The number of carbonyl (C=O) groups is 1. The molecular formula is C30H25N3O4S. The highest BCUT2D eigenvalue weighted by Crippen LogP contribution is 2.30. The topological polar surface area (TPSA) is 101 Å². The molecule has 0 radical (unpaired) electrons. The van der Waals surface area contributed by atoms with Crippen molar-refractivity contribution >= 4 is 33.0 Å². The smallest absolute Gasteiger partial charge is 0.281 e.